The van der Waals surface area contributed by atoms with E-state index in [1.807, 2.05) is 0 Å². The molecule has 0 unspecified atom stereocenters. The van der Waals surface area contributed by atoms with Crippen molar-refractivity contribution in [3.05, 3.63) is 0 Å². The highest BCUT2D eigenvalue weighted by Gasteiger charge is 2.09. The van der Waals surface area contributed by atoms with Crippen molar-refractivity contribution in [1.82, 2.24) is 0 Å². The highest BCUT2D eigenvalue weighted by atomic mass is 32.3. The molecule has 11 heteroatoms. The average Bonchev–Trinajstić information content (AvgIpc) is 2.25. The molecular weight excluding hydrogens is 332 g/mol. The fourth-order valence-electron chi connectivity index (χ4n) is 0.679. The van der Waals surface area contributed by atoms with Gasteiger partial charge in [0.05, 0.1) is 12.2 Å². The van der Waals surface area contributed by atoms with E-state index in [2.05, 4.69) is 0 Å². The zero-order valence-corrected chi connectivity index (χ0v) is 15.0. The van der Waals surface area contributed by atoms with Gasteiger partial charge in [-0.15, -0.1) is 0 Å². The summed E-state index contributed by atoms with van der Waals surface area (Å²) in [4.78, 5) is 21.2. The number of carbonyl (C=O) groups is 2. The Labute approximate surface area is 137 Å². The lowest BCUT2D eigenvalue weighted by Gasteiger charge is -2.09. The van der Waals surface area contributed by atoms with Crippen molar-refractivity contribution in [3.63, 3.8) is 0 Å². The molecule has 0 aromatic rings. The van der Waals surface area contributed by atoms with Crippen LogP contribution in [0.2, 0.25) is 0 Å². The number of hydrogen-bond donors (Lipinski definition) is 4. The predicted octanol–water partition coefficient (Wildman–Crippen LogP) is -0.0824. The van der Waals surface area contributed by atoms with Crippen LogP contribution in [0.25, 0.3) is 0 Å². The molecule has 0 amide bonds. The number of rotatable bonds is 4. The van der Waals surface area contributed by atoms with Crippen LogP contribution in [0.4, 0.5) is 0 Å². The summed E-state index contributed by atoms with van der Waals surface area (Å²) < 4.78 is 41.1. The molecule has 0 spiro atoms. The standard InChI is InChI=1S/2C6H13NO2.H2O4S/c2*1-4(2)9-6(8)5(3)7;1-5(2,3)4/h2*4-5H,7H2,1-3H3;(H2,1,2,3,4)/t2*5-;/m00./s1. The first-order chi connectivity index (χ1) is 10.1. The van der Waals surface area contributed by atoms with E-state index in [1.54, 1.807) is 41.5 Å². The molecule has 0 aliphatic heterocycles. The van der Waals surface area contributed by atoms with Crippen LogP contribution >= 0.6 is 0 Å². The molecule has 0 aliphatic carbocycles. The second kappa shape index (κ2) is 13.2. The highest BCUT2D eigenvalue weighted by Crippen LogP contribution is 1.91. The van der Waals surface area contributed by atoms with E-state index in [-0.39, 0.29) is 24.1 Å². The van der Waals surface area contributed by atoms with Crippen LogP contribution in [0, 0.1) is 0 Å². The van der Waals surface area contributed by atoms with E-state index in [9.17, 15) is 9.59 Å². The average molecular weight is 360 g/mol. The fourth-order valence-corrected chi connectivity index (χ4v) is 0.679. The third kappa shape index (κ3) is 33.5. The minimum atomic E-state index is -4.67. The van der Waals surface area contributed by atoms with Gasteiger partial charge in [-0.3, -0.25) is 18.7 Å². The van der Waals surface area contributed by atoms with Gasteiger partial charge in [0.25, 0.3) is 0 Å². The Kier molecular flexibility index (Phi) is 15.3. The maximum atomic E-state index is 10.6. The van der Waals surface area contributed by atoms with Crippen molar-refractivity contribution < 1.29 is 36.6 Å². The predicted molar refractivity (Wildman–Crippen MR) is 83.9 cm³/mol. The smallest absolute Gasteiger partial charge is 0.394 e. The Morgan fingerprint density at radius 1 is 0.783 bits per heavy atom. The Bertz CT molecular complexity index is 398. The van der Waals surface area contributed by atoms with E-state index >= 15 is 0 Å². The van der Waals surface area contributed by atoms with Crippen molar-refractivity contribution in [2.45, 2.75) is 65.8 Å². The minimum Gasteiger partial charge on any atom is -0.462 e. The van der Waals surface area contributed by atoms with Gasteiger partial charge in [0.2, 0.25) is 0 Å². The third-order valence-electron chi connectivity index (χ3n) is 1.45. The lowest BCUT2D eigenvalue weighted by atomic mass is 10.4. The first-order valence-corrected chi connectivity index (χ1v) is 8.09. The monoisotopic (exact) mass is 360 g/mol. The Morgan fingerprint density at radius 2 is 0.957 bits per heavy atom. The van der Waals surface area contributed by atoms with Crippen LogP contribution < -0.4 is 11.5 Å². The summed E-state index contributed by atoms with van der Waals surface area (Å²) in [5.41, 5.74) is 10.4. The molecule has 0 aromatic heterocycles. The summed E-state index contributed by atoms with van der Waals surface area (Å²) in [7, 11) is -4.67. The molecule has 10 nitrogen and oxygen atoms in total. The summed E-state index contributed by atoms with van der Waals surface area (Å²) in [6, 6.07) is -1.01. The summed E-state index contributed by atoms with van der Waals surface area (Å²) >= 11 is 0. The molecule has 0 saturated heterocycles. The van der Waals surface area contributed by atoms with Gasteiger partial charge < -0.3 is 20.9 Å². The topological polar surface area (TPSA) is 179 Å². The number of nitrogens with two attached hydrogens (primary N) is 2. The second-order valence-corrected chi connectivity index (χ2v) is 5.89. The number of ether oxygens (including phenoxy) is 2. The molecular formula is C12H28N2O8S. The van der Waals surface area contributed by atoms with Gasteiger partial charge in [-0.2, -0.15) is 8.42 Å². The molecule has 6 N–H and O–H groups in total. The van der Waals surface area contributed by atoms with Crippen LogP contribution in [0.5, 0.6) is 0 Å². The van der Waals surface area contributed by atoms with Gasteiger partial charge in [-0.1, -0.05) is 0 Å². The molecule has 0 heterocycles. The normalized spacial score (nSPS) is 13.0. The Balaban J connectivity index is -0.000000273. The van der Waals surface area contributed by atoms with Crippen LogP contribution in [-0.4, -0.2) is 53.8 Å². The summed E-state index contributed by atoms with van der Waals surface area (Å²) in [5, 5.41) is 0. The van der Waals surface area contributed by atoms with E-state index < -0.39 is 22.5 Å². The number of esters is 2. The molecule has 0 radical (unpaired) electrons. The van der Waals surface area contributed by atoms with Gasteiger partial charge in [0.15, 0.2) is 0 Å². The molecule has 140 valence electrons. The lowest BCUT2D eigenvalue weighted by molar-refractivity contribution is -0.149. The fraction of sp³-hybridized carbons (Fsp3) is 0.833. The van der Waals surface area contributed by atoms with E-state index in [0.717, 1.165) is 0 Å². The maximum absolute atomic E-state index is 10.6. The molecule has 2 atom stereocenters. The zero-order valence-electron chi connectivity index (χ0n) is 14.2. The van der Waals surface area contributed by atoms with E-state index in [4.69, 9.17) is 38.5 Å². The second-order valence-electron chi connectivity index (χ2n) is 5.00. The lowest BCUT2D eigenvalue weighted by Crippen LogP contribution is -2.30. The van der Waals surface area contributed by atoms with Crippen molar-refractivity contribution in [2.75, 3.05) is 0 Å². The molecule has 0 fully saturated rings. The van der Waals surface area contributed by atoms with Crippen molar-refractivity contribution >= 4 is 22.3 Å². The van der Waals surface area contributed by atoms with Gasteiger partial charge in [-0.05, 0) is 41.5 Å². The van der Waals surface area contributed by atoms with Gasteiger partial charge >= 0.3 is 22.3 Å². The molecule has 0 aromatic carbocycles. The van der Waals surface area contributed by atoms with Gasteiger partial charge in [0, 0.05) is 0 Å². The van der Waals surface area contributed by atoms with E-state index in [1.165, 1.54) is 0 Å². The van der Waals surface area contributed by atoms with Crippen LogP contribution in [0.1, 0.15) is 41.5 Å². The first-order valence-electron chi connectivity index (χ1n) is 6.69. The molecule has 0 bridgehead atoms. The molecule has 0 rings (SSSR count). The minimum absolute atomic E-state index is 0.0662. The van der Waals surface area contributed by atoms with Crippen LogP contribution in [0.3, 0.4) is 0 Å². The first kappa shape index (κ1) is 26.6. The SMILES string of the molecule is CC(C)OC(=O)[C@H](C)N.CC(C)OC(=O)[C@H](C)N.O=S(=O)(O)O. The van der Waals surface area contributed by atoms with Gasteiger partial charge in [0.1, 0.15) is 12.1 Å². The Morgan fingerprint density at radius 3 is 1.00 bits per heavy atom. The third-order valence-corrected chi connectivity index (χ3v) is 1.45. The molecule has 0 saturated carbocycles. The summed E-state index contributed by atoms with van der Waals surface area (Å²) in [5.74, 6) is -0.685. The zero-order chi connectivity index (χ0) is 19.4. The summed E-state index contributed by atoms with van der Waals surface area (Å²) in [6.45, 7) is 10.4. The van der Waals surface area contributed by atoms with E-state index in [0.29, 0.717) is 0 Å². The Hall–Kier alpha value is -1.27. The van der Waals surface area contributed by atoms with Gasteiger partial charge in [-0.25, -0.2) is 0 Å². The molecule has 0 aliphatic rings. The van der Waals surface area contributed by atoms with Crippen molar-refractivity contribution in [1.29, 1.82) is 0 Å². The summed E-state index contributed by atoms with van der Waals surface area (Å²) in [6.07, 6.45) is -0.132. The maximum Gasteiger partial charge on any atom is 0.394 e. The number of hydrogen-bond acceptors (Lipinski definition) is 8. The van der Waals surface area contributed by atoms with Crippen molar-refractivity contribution in [2.24, 2.45) is 11.5 Å². The molecule has 23 heavy (non-hydrogen) atoms. The highest BCUT2D eigenvalue weighted by molar-refractivity contribution is 7.79. The quantitative estimate of drug-likeness (QED) is 0.391. The van der Waals surface area contributed by atoms with Crippen LogP contribution in [0.15, 0.2) is 0 Å². The van der Waals surface area contributed by atoms with Crippen LogP contribution in [-0.2, 0) is 29.5 Å². The van der Waals surface area contributed by atoms with Crippen molar-refractivity contribution in [3.8, 4) is 0 Å². The largest absolute Gasteiger partial charge is 0.462 e. The number of carbonyl (C=O) groups excluding carboxylic acids is 2.